The Morgan fingerprint density at radius 3 is 2.75 bits per heavy atom. The number of likely N-dealkylation sites (N-methyl/N-ethyl adjacent to an activating group) is 1. The zero-order chi connectivity index (χ0) is 14.4. The summed E-state index contributed by atoms with van der Waals surface area (Å²) < 4.78 is 0. The first-order valence-electron chi connectivity index (χ1n) is 6.99. The number of nitrogens with one attached hydrogen (secondary N) is 2. The van der Waals surface area contributed by atoms with Gasteiger partial charge in [-0.05, 0) is 32.0 Å². The van der Waals surface area contributed by atoms with Gasteiger partial charge in [0.2, 0.25) is 5.91 Å². The normalized spacial score (nSPS) is 18.1. The fourth-order valence-corrected chi connectivity index (χ4v) is 2.56. The fourth-order valence-electron chi connectivity index (χ4n) is 2.56. The molecule has 1 aromatic carbocycles. The summed E-state index contributed by atoms with van der Waals surface area (Å²) in [5.41, 5.74) is 0.577. The van der Waals surface area contributed by atoms with Crippen LogP contribution >= 0.6 is 0 Å². The van der Waals surface area contributed by atoms with Gasteiger partial charge in [0.05, 0.1) is 6.54 Å². The third-order valence-electron chi connectivity index (χ3n) is 3.57. The van der Waals surface area contributed by atoms with Crippen LogP contribution in [0.15, 0.2) is 30.3 Å². The molecule has 1 saturated heterocycles. The van der Waals surface area contributed by atoms with E-state index in [-0.39, 0.29) is 24.4 Å². The molecule has 0 aliphatic carbocycles. The van der Waals surface area contributed by atoms with Gasteiger partial charge >= 0.3 is 0 Å². The van der Waals surface area contributed by atoms with Crippen LogP contribution in [0.1, 0.15) is 23.2 Å². The monoisotopic (exact) mass is 275 g/mol. The summed E-state index contributed by atoms with van der Waals surface area (Å²) in [7, 11) is 1.89. The molecular weight excluding hydrogens is 254 g/mol. The average molecular weight is 275 g/mol. The van der Waals surface area contributed by atoms with Crippen LogP contribution in [0.2, 0.25) is 0 Å². The Balaban J connectivity index is 1.84. The van der Waals surface area contributed by atoms with E-state index in [1.807, 2.05) is 18.0 Å². The summed E-state index contributed by atoms with van der Waals surface area (Å²) >= 11 is 0. The van der Waals surface area contributed by atoms with Gasteiger partial charge in [0.25, 0.3) is 5.91 Å². The first-order chi connectivity index (χ1) is 9.72. The van der Waals surface area contributed by atoms with Crippen LogP contribution in [-0.4, -0.2) is 49.4 Å². The van der Waals surface area contributed by atoms with Gasteiger partial charge in [0.15, 0.2) is 0 Å². The number of likely N-dealkylation sites (tertiary alicyclic amines) is 1. The second-order valence-corrected chi connectivity index (χ2v) is 4.99. The second-order valence-electron chi connectivity index (χ2n) is 4.99. The number of benzene rings is 1. The number of amides is 2. The molecule has 5 nitrogen and oxygen atoms in total. The molecule has 1 unspecified atom stereocenters. The second kappa shape index (κ2) is 7.05. The summed E-state index contributed by atoms with van der Waals surface area (Å²) in [6.07, 6.45) is 2.06. The number of rotatable bonds is 5. The first-order valence-corrected chi connectivity index (χ1v) is 6.99. The largest absolute Gasteiger partial charge is 0.343 e. The molecule has 1 aliphatic heterocycles. The van der Waals surface area contributed by atoms with Crippen LogP contribution in [-0.2, 0) is 4.79 Å². The minimum Gasteiger partial charge on any atom is -0.343 e. The van der Waals surface area contributed by atoms with Gasteiger partial charge in [0, 0.05) is 24.7 Å². The molecule has 2 amide bonds. The van der Waals surface area contributed by atoms with Crippen molar-refractivity contribution >= 4 is 11.8 Å². The molecule has 2 rings (SSSR count). The average Bonchev–Trinajstić information content (AvgIpc) is 2.94. The molecule has 1 heterocycles. The van der Waals surface area contributed by atoms with Crippen molar-refractivity contribution in [1.82, 2.24) is 15.5 Å². The summed E-state index contributed by atoms with van der Waals surface area (Å²) in [4.78, 5) is 25.9. The summed E-state index contributed by atoms with van der Waals surface area (Å²) in [6, 6.07) is 9.19. The molecule has 20 heavy (non-hydrogen) atoms. The third-order valence-corrected chi connectivity index (χ3v) is 3.57. The number of hydrogen-bond acceptors (Lipinski definition) is 3. The van der Waals surface area contributed by atoms with Crippen molar-refractivity contribution < 1.29 is 9.59 Å². The lowest BCUT2D eigenvalue weighted by atomic mass is 10.2. The predicted molar refractivity (Wildman–Crippen MR) is 77.4 cm³/mol. The van der Waals surface area contributed by atoms with Crippen molar-refractivity contribution in [3.63, 3.8) is 0 Å². The molecule has 0 aromatic heterocycles. The summed E-state index contributed by atoms with van der Waals surface area (Å²) in [5, 5.41) is 5.79. The standard InChI is InChI=1S/C15H21N3O2/c1-16-10-13-8-5-9-18(13)14(19)11-17-15(20)12-6-3-2-4-7-12/h2-4,6-7,13,16H,5,8-11H2,1H3,(H,17,20). The van der Waals surface area contributed by atoms with Gasteiger partial charge in [-0.3, -0.25) is 9.59 Å². The van der Waals surface area contributed by atoms with Crippen LogP contribution in [0, 0.1) is 0 Å². The molecule has 108 valence electrons. The van der Waals surface area contributed by atoms with Crippen LogP contribution in [0.4, 0.5) is 0 Å². The molecular formula is C15H21N3O2. The Bertz CT molecular complexity index is 461. The zero-order valence-corrected chi connectivity index (χ0v) is 11.8. The highest BCUT2D eigenvalue weighted by Gasteiger charge is 2.27. The van der Waals surface area contributed by atoms with Gasteiger partial charge < -0.3 is 15.5 Å². The maximum Gasteiger partial charge on any atom is 0.251 e. The van der Waals surface area contributed by atoms with E-state index in [4.69, 9.17) is 0 Å². The van der Waals surface area contributed by atoms with E-state index in [2.05, 4.69) is 10.6 Å². The molecule has 0 bridgehead atoms. The van der Waals surface area contributed by atoms with Crippen LogP contribution in [0.3, 0.4) is 0 Å². The summed E-state index contributed by atoms with van der Waals surface area (Å²) in [6.45, 7) is 1.65. The minimum atomic E-state index is -0.205. The van der Waals surface area contributed by atoms with E-state index in [0.717, 1.165) is 25.9 Å². The number of hydrogen-bond donors (Lipinski definition) is 2. The van der Waals surface area contributed by atoms with Gasteiger partial charge in [0.1, 0.15) is 0 Å². The molecule has 5 heteroatoms. The van der Waals surface area contributed by atoms with E-state index in [0.29, 0.717) is 5.56 Å². The molecule has 0 radical (unpaired) electrons. The van der Waals surface area contributed by atoms with E-state index in [1.165, 1.54) is 0 Å². The maximum atomic E-state index is 12.1. The molecule has 1 aromatic rings. The van der Waals surface area contributed by atoms with E-state index < -0.39 is 0 Å². The van der Waals surface area contributed by atoms with Crippen molar-refractivity contribution in [2.75, 3.05) is 26.7 Å². The Labute approximate surface area is 119 Å². The smallest absolute Gasteiger partial charge is 0.251 e. The van der Waals surface area contributed by atoms with Crippen LogP contribution in [0.25, 0.3) is 0 Å². The molecule has 1 aliphatic rings. The van der Waals surface area contributed by atoms with Crippen molar-refractivity contribution in [1.29, 1.82) is 0 Å². The highest BCUT2D eigenvalue weighted by Crippen LogP contribution is 2.16. The molecule has 1 atom stereocenters. The molecule has 0 spiro atoms. The maximum absolute atomic E-state index is 12.1. The van der Waals surface area contributed by atoms with Gasteiger partial charge in [-0.2, -0.15) is 0 Å². The lowest BCUT2D eigenvalue weighted by Crippen LogP contribution is -2.45. The fraction of sp³-hybridized carbons (Fsp3) is 0.467. The van der Waals surface area contributed by atoms with Gasteiger partial charge in [-0.15, -0.1) is 0 Å². The Hall–Kier alpha value is -1.88. The van der Waals surface area contributed by atoms with E-state index in [1.54, 1.807) is 24.3 Å². The van der Waals surface area contributed by atoms with E-state index in [9.17, 15) is 9.59 Å². The van der Waals surface area contributed by atoms with Gasteiger partial charge in [-0.1, -0.05) is 18.2 Å². The summed E-state index contributed by atoms with van der Waals surface area (Å²) in [5.74, 6) is -0.213. The Kier molecular flexibility index (Phi) is 5.12. The highest BCUT2D eigenvalue weighted by molar-refractivity contribution is 5.96. The predicted octanol–water partition coefficient (Wildman–Crippen LogP) is 0.627. The number of carbonyl (C=O) groups excluding carboxylic acids is 2. The molecule has 0 saturated carbocycles. The lowest BCUT2D eigenvalue weighted by Gasteiger charge is -2.24. The topological polar surface area (TPSA) is 61.4 Å². The molecule has 2 N–H and O–H groups in total. The van der Waals surface area contributed by atoms with Crippen molar-refractivity contribution in [2.45, 2.75) is 18.9 Å². The van der Waals surface area contributed by atoms with Crippen molar-refractivity contribution in [3.05, 3.63) is 35.9 Å². The minimum absolute atomic E-state index is 0.00738. The van der Waals surface area contributed by atoms with Crippen molar-refractivity contribution in [2.24, 2.45) is 0 Å². The van der Waals surface area contributed by atoms with Gasteiger partial charge in [-0.25, -0.2) is 0 Å². The number of nitrogens with zero attached hydrogens (tertiary/aromatic N) is 1. The Morgan fingerprint density at radius 2 is 2.05 bits per heavy atom. The lowest BCUT2D eigenvalue weighted by molar-refractivity contribution is -0.130. The molecule has 1 fully saturated rings. The van der Waals surface area contributed by atoms with Crippen LogP contribution in [0.5, 0.6) is 0 Å². The van der Waals surface area contributed by atoms with Crippen molar-refractivity contribution in [3.8, 4) is 0 Å². The van der Waals surface area contributed by atoms with Crippen LogP contribution < -0.4 is 10.6 Å². The highest BCUT2D eigenvalue weighted by atomic mass is 16.2. The Morgan fingerprint density at radius 1 is 1.30 bits per heavy atom. The first kappa shape index (κ1) is 14.5. The third kappa shape index (κ3) is 3.57. The SMILES string of the molecule is CNCC1CCCN1C(=O)CNC(=O)c1ccccc1. The van der Waals surface area contributed by atoms with E-state index >= 15 is 0 Å². The number of carbonyl (C=O) groups is 2. The quantitative estimate of drug-likeness (QED) is 0.828. The zero-order valence-electron chi connectivity index (χ0n) is 11.8.